The van der Waals surface area contributed by atoms with E-state index in [2.05, 4.69) is 0 Å². The lowest BCUT2D eigenvalue weighted by Crippen LogP contribution is -2.04. The van der Waals surface area contributed by atoms with Crippen LogP contribution in [0.15, 0.2) is 29.2 Å². The van der Waals surface area contributed by atoms with Crippen LogP contribution < -0.4 is 0 Å². The van der Waals surface area contributed by atoms with E-state index in [-0.39, 0.29) is 0 Å². The average molecular weight is 309 g/mol. The lowest BCUT2D eigenvalue weighted by molar-refractivity contribution is 0.222. The van der Waals surface area contributed by atoms with E-state index in [0.29, 0.717) is 13.2 Å². The molecule has 1 atom stereocenters. The molecule has 0 spiro atoms. The van der Waals surface area contributed by atoms with Gasteiger partial charge < -0.3 is 9.05 Å². The highest BCUT2D eigenvalue weighted by molar-refractivity contribution is 8.07. The van der Waals surface area contributed by atoms with E-state index in [9.17, 15) is 4.57 Å². The lowest BCUT2D eigenvalue weighted by Gasteiger charge is -2.21. The molecule has 1 aromatic rings. The maximum absolute atomic E-state index is 12.4. The van der Waals surface area contributed by atoms with E-state index in [0.717, 1.165) is 4.90 Å². The number of alkyl halides is 1. The molecule has 0 saturated heterocycles. The van der Waals surface area contributed by atoms with Crippen molar-refractivity contribution in [3.05, 3.63) is 29.8 Å². The van der Waals surface area contributed by atoms with Crippen molar-refractivity contribution in [2.45, 2.75) is 30.1 Å². The predicted octanol–water partition coefficient (Wildman–Crippen LogP) is 4.88. The zero-order valence-corrected chi connectivity index (χ0v) is 13.2. The molecule has 0 amide bonds. The number of benzene rings is 1. The summed E-state index contributed by atoms with van der Waals surface area (Å²) in [6.45, 7) is 6.18. The molecule has 6 heteroatoms. The fraction of sp³-hybridized carbons (Fsp3) is 0.500. The predicted molar refractivity (Wildman–Crippen MR) is 77.5 cm³/mol. The van der Waals surface area contributed by atoms with E-state index in [1.165, 1.54) is 17.3 Å². The van der Waals surface area contributed by atoms with Gasteiger partial charge in [-0.15, -0.1) is 0 Å². The summed E-state index contributed by atoms with van der Waals surface area (Å²) in [5.74, 6) is 0. The molecule has 18 heavy (non-hydrogen) atoms. The van der Waals surface area contributed by atoms with Gasteiger partial charge in [0.1, 0.15) is 0 Å². The summed E-state index contributed by atoms with van der Waals surface area (Å²) in [6, 6.07) is 7.85. The second-order valence-electron chi connectivity index (χ2n) is 3.60. The Morgan fingerprint density at radius 1 is 1.22 bits per heavy atom. The third kappa shape index (κ3) is 4.60. The van der Waals surface area contributed by atoms with Gasteiger partial charge >= 0.3 is 7.60 Å². The van der Waals surface area contributed by atoms with Crippen LogP contribution in [0.5, 0.6) is 0 Å². The molecule has 0 heterocycles. The van der Waals surface area contributed by atoms with Crippen LogP contribution in [0.1, 0.15) is 19.4 Å². The van der Waals surface area contributed by atoms with Crippen molar-refractivity contribution in [2.24, 2.45) is 0 Å². The van der Waals surface area contributed by atoms with Crippen LogP contribution >= 0.6 is 31.0 Å². The first-order valence-electron chi connectivity index (χ1n) is 5.78. The SMILES string of the molecule is CCOP(=O)(OCC)C(Cl)Sc1ccc(C)cc1. The van der Waals surface area contributed by atoms with Crippen molar-refractivity contribution in [3.8, 4) is 0 Å². The van der Waals surface area contributed by atoms with Gasteiger partial charge in [-0.2, -0.15) is 0 Å². The number of hydrogen-bond acceptors (Lipinski definition) is 4. The second-order valence-corrected chi connectivity index (χ2v) is 8.24. The summed E-state index contributed by atoms with van der Waals surface area (Å²) < 4.78 is 22.1. The number of rotatable bonds is 7. The molecule has 3 nitrogen and oxygen atoms in total. The van der Waals surface area contributed by atoms with Crippen LogP contribution in [0.2, 0.25) is 0 Å². The smallest absolute Gasteiger partial charge is 0.307 e. The fourth-order valence-electron chi connectivity index (χ4n) is 1.31. The van der Waals surface area contributed by atoms with Crippen molar-refractivity contribution in [1.29, 1.82) is 0 Å². The van der Waals surface area contributed by atoms with Crippen LogP contribution in [0.4, 0.5) is 0 Å². The maximum atomic E-state index is 12.4. The van der Waals surface area contributed by atoms with Crippen molar-refractivity contribution < 1.29 is 13.6 Å². The summed E-state index contributed by atoms with van der Waals surface area (Å²) >= 11 is 7.46. The highest BCUT2D eigenvalue weighted by atomic mass is 35.5. The quantitative estimate of drug-likeness (QED) is 0.409. The number of thioether (sulfide) groups is 1. The van der Waals surface area contributed by atoms with Crippen molar-refractivity contribution >= 4 is 31.0 Å². The molecule has 0 aliphatic rings. The van der Waals surface area contributed by atoms with Gasteiger partial charge in [-0.05, 0) is 32.9 Å². The van der Waals surface area contributed by atoms with E-state index >= 15 is 0 Å². The summed E-state index contributed by atoms with van der Waals surface area (Å²) in [6.07, 6.45) is 0. The van der Waals surface area contributed by atoms with Gasteiger partial charge in [0.2, 0.25) is 0 Å². The molecule has 0 aliphatic heterocycles. The van der Waals surface area contributed by atoms with E-state index in [4.69, 9.17) is 20.6 Å². The first-order valence-corrected chi connectivity index (χ1v) is 8.70. The minimum atomic E-state index is -3.26. The molecule has 1 unspecified atom stereocenters. The lowest BCUT2D eigenvalue weighted by atomic mass is 10.2. The summed E-state index contributed by atoms with van der Waals surface area (Å²) in [5.41, 5.74) is 1.17. The van der Waals surface area contributed by atoms with Crippen LogP contribution in [-0.2, 0) is 13.6 Å². The van der Waals surface area contributed by atoms with Gasteiger partial charge in [0.25, 0.3) is 0 Å². The first kappa shape index (κ1) is 16.1. The maximum Gasteiger partial charge on any atom is 0.358 e. The second kappa shape index (κ2) is 7.56. The normalized spacial score (nSPS) is 13.6. The Labute approximate surface area is 118 Å². The zero-order valence-electron chi connectivity index (χ0n) is 10.8. The monoisotopic (exact) mass is 308 g/mol. The molecular formula is C12H18ClO3PS. The van der Waals surface area contributed by atoms with Crippen LogP contribution in [0, 0.1) is 6.92 Å². The minimum Gasteiger partial charge on any atom is -0.307 e. The molecular weight excluding hydrogens is 291 g/mol. The zero-order chi connectivity index (χ0) is 13.6. The molecule has 102 valence electrons. The molecule has 0 aliphatic carbocycles. The topological polar surface area (TPSA) is 35.5 Å². The molecule has 0 aromatic heterocycles. The molecule has 1 aromatic carbocycles. The molecule has 0 N–H and O–H groups in total. The standard InChI is InChI=1S/C12H18ClO3PS/c1-4-15-17(14,16-5-2)12(13)18-11-8-6-10(3)7-9-11/h6-9,12H,4-5H2,1-3H3. The van der Waals surface area contributed by atoms with Crippen molar-refractivity contribution in [1.82, 2.24) is 0 Å². The van der Waals surface area contributed by atoms with E-state index < -0.39 is 12.0 Å². The van der Waals surface area contributed by atoms with Crippen molar-refractivity contribution in [3.63, 3.8) is 0 Å². The molecule has 0 fully saturated rings. The Balaban J connectivity index is 2.75. The molecule has 0 saturated carbocycles. The largest absolute Gasteiger partial charge is 0.358 e. The van der Waals surface area contributed by atoms with Gasteiger partial charge in [0.15, 0.2) is 4.45 Å². The highest BCUT2D eigenvalue weighted by Crippen LogP contribution is 2.60. The Morgan fingerprint density at radius 3 is 2.17 bits per heavy atom. The summed E-state index contributed by atoms with van der Waals surface area (Å²) in [4.78, 5) is 0.945. The average Bonchev–Trinajstić information content (AvgIpc) is 2.32. The van der Waals surface area contributed by atoms with Gasteiger partial charge in [-0.1, -0.05) is 41.1 Å². The molecule has 0 bridgehead atoms. The van der Waals surface area contributed by atoms with E-state index in [1.54, 1.807) is 13.8 Å². The number of aryl methyl sites for hydroxylation is 1. The molecule has 1 rings (SSSR count). The molecule has 0 radical (unpaired) electrons. The third-order valence-electron chi connectivity index (χ3n) is 2.12. The van der Waals surface area contributed by atoms with Crippen molar-refractivity contribution in [2.75, 3.05) is 13.2 Å². The van der Waals surface area contributed by atoms with E-state index in [1.807, 2.05) is 31.2 Å². The first-order chi connectivity index (χ1) is 8.51. The van der Waals surface area contributed by atoms with Gasteiger partial charge in [0, 0.05) is 4.90 Å². The number of halogens is 1. The number of hydrogen-bond donors (Lipinski definition) is 0. The fourth-order valence-corrected chi connectivity index (χ4v) is 4.75. The Morgan fingerprint density at radius 2 is 1.72 bits per heavy atom. The Hall–Kier alpha value is 0.01000. The van der Waals surface area contributed by atoms with Gasteiger partial charge in [0.05, 0.1) is 13.2 Å². The Bertz CT molecular complexity index is 400. The highest BCUT2D eigenvalue weighted by Gasteiger charge is 2.34. The third-order valence-corrected chi connectivity index (χ3v) is 6.67. The Kier molecular flexibility index (Phi) is 6.75. The van der Waals surface area contributed by atoms with Crippen LogP contribution in [-0.4, -0.2) is 17.7 Å². The van der Waals surface area contributed by atoms with Gasteiger partial charge in [-0.25, -0.2) is 0 Å². The minimum absolute atomic E-state index is 0.314. The van der Waals surface area contributed by atoms with Gasteiger partial charge in [-0.3, -0.25) is 4.57 Å². The van der Waals surface area contributed by atoms with Crippen LogP contribution in [0.3, 0.4) is 0 Å². The summed E-state index contributed by atoms with van der Waals surface area (Å²) in [7, 11) is -3.26. The summed E-state index contributed by atoms with van der Waals surface area (Å²) in [5, 5.41) is 0. The van der Waals surface area contributed by atoms with Crippen LogP contribution in [0.25, 0.3) is 0 Å².